The van der Waals surface area contributed by atoms with E-state index in [0.29, 0.717) is 59.5 Å². The van der Waals surface area contributed by atoms with Crippen LogP contribution in [0.3, 0.4) is 0 Å². The van der Waals surface area contributed by atoms with Crippen LogP contribution in [0.4, 0.5) is 0 Å². The Hall–Kier alpha value is -1.79. The Morgan fingerprint density at radius 2 is 1.53 bits per heavy atom. The highest BCUT2D eigenvalue weighted by Crippen LogP contribution is 2.30. The van der Waals surface area contributed by atoms with Crippen LogP contribution in [0.25, 0.3) is 0 Å². The van der Waals surface area contributed by atoms with Crippen molar-refractivity contribution in [3.8, 4) is 5.75 Å². The first kappa shape index (κ1) is 28.4. The number of hydrogen-bond donors (Lipinski definition) is 0. The summed E-state index contributed by atoms with van der Waals surface area (Å²) < 4.78 is 10.6. The first-order chi connectivity index (χ1) is 16.3. The fraction of sp³-hybridized carbons (Fsp3) is 0.462. The lowest BCUT2D eigenvalue weighted by Crippen LogP contribution is -2.31. The molecule has 8 heteroatoms. The second-order valence-electron chi connectivity index (χ2n) is 8.24. The van der Waals surface area contributed by atoms with Gasteiger partial charge in [-0.05, 0) is 67.0 Å². The van der Waals surface area contributed by atoms with E-state index in [1.165, 1.54) is 0 Å². The summed E-state index contributed by atoms with van der Waals surface area (Å²) in [6, 6.07) is 10.4. The molecule has 0 heterocycles. The molecule has 2 aromatic carbocycles. The van der Waals surface area contributed by atoms with Gasteiger partial charge in [-0.2, -0.15) is 0 Å². The Morgan fingerprint density at radius 3 is 2.18 bits per heavy atom. The Morgan fingerprint density at radius 1 is 0.882 bits per heavy atom. The molecule has 0 N–H and O–H groups in total. The average Bonchev–Trinajstić information content (AvgIpc) is 2.78. The minimum Gasteiger partial charge on any atom is -0.550 e. The molecular weight excluding hydrogens is 499 g/mol. The number of halogens is 3. The second kappa shape index (κ2) is 15.3. The number of unbranched alkanes of at least 4 members (excludes halogenated alkanes) is 3. The topological polar surface area (TPSA) is 75.7 Å². The fourth-order valence-corrected chi connectivity index (χ4v) is 4.30. The summed E-state index contributed by atoms with van der Waals surface area (Å²) >= 11 is 18.4. The van der Waals surface area contributed by atoms with E-state index < -0.39 is 11.9 Å². The summed E-state index contributed by atoms with van der Waals surface area (Å²) in [7, 11) is 1.63. The van der Waals surface area contributed by atoms with Crippen molar-refractivity contribution in [2.45, 2.75) is 57.8 Å². The molecule has 1 unspecified atom stereocenters. The third-order valence-corrected chi connectivity index (χ3v) is 6.39. The molecule has 0 amide bonds. The van der Waals surface area contributed by atoms with Gasteiger partial charge >= 0.3 is 5.97 Å². The predicted octanol–water partition coefficient (Wildman–Crippen LogP) is 6.28. The lowest BCUT2D eigenvalue weighted by molar-refractivity contribution is -0.312. The molecule has 2 aromatic rings. The maximum atomic E-state index is 12.4. The Kier molecular flexibility index (Phi) is 12.8. The van der Waals surface area contributed by atoms with Crippen LogP contribution >= 0.6 is 34.8 Å². The summed E-state index contributed by atoms with van der Waals surface area (Å²) in [5, 5.41) is 12.9. The highest BCUT2D eigenvalue weighted by Gasteiger charge is 2.14. The van der Waals surface area contributed by atoms with Gasteiger partial charge in [-0.25, -0.2) is 0 Å². The van der Waals surface area contributed by atoms with E-state index in [9.17, 15) is 14.7 Å². The van der Waals surface area contributed by atoms with E-state index in [1.54, 1.807) is 31.4 Å². The van der Waals surface area contributed by atoms with Crippen LogP contribution in [0.5, 0.6) is 5.75 Å². The van der Waals surface area contributed by atoms with Crippen molar-refractivity contribution in [3.63, 3.8) is 0 Å². The van der Waals surface area contributed by atoms with Crippen molar-refractivity contribution >= 4 is 46.7 Å². The number of ether oxygens (including phenoxy) is 2. The smallest absolute Gasteiger partial charge is 0.311 e. The van der Waals surface area contributed by atoms with E-state index in [4.69, 9.17) is 44.3 Å². The maximum Gasteiger partial charge on any atom is 0.311 e. The van der Waals surface area contributed by atoms with Gasteiger partial charge < -0.3 is 19.4 Å². The van der Waals surface area contributed by atoms with E-state index >= 15 is 0 Å². The third-order valence-electron chi connectivity index (χ3n) is 5.57. The Bertz CT molecular complexity index is 948. The zero-order valence-electron chi connectivity index (χ0n) is 19.3. The van der Waals surface area contributed by atoms with Crippen molar-refractivity contribution in [2.24, 2.45) is 5.92 Å². The van der Waals surface area contributed by atoms with Crippen LogP contribution in [-0.4, -0.2) is 25.7 Å². The molecule has 0 spiro atoms. The summed E-state index contributed by atoms with van der Waals surface area (Å²) in [5.74, 6) is -1.43. The number of carboxylic acids is 1. The van der Waals surface area contributed by atoms with Crippen LogP contribution in [0.1, 0.15) is 62.5 Å². The van der Waals surface area contributed by atoms with Crippen LogP contribution in [-0.2, 0) is 20.7 Å². The minimum absolute atomic E-state index is 0.234. The van der Waals surface area contributed by atoms with E-state index in [1.807, 2.05) is 12.1 Å². The molecule has 0 saturated heterocycles. The molecule has 0 aliphatic heterocycles. The number of methoxy groups -OCH3 is 1. The molecule has 0 aliphatic carbocycles. The second-order valence-corrected chi connectivity index (χ2v) is 9.52. The zero-order chi connectivity index (χ0) is 24.9. The van der Waals surface area contributed by atoms with Crippen molar-refractivity contribution in [1.29, 1.82) is 0 Å². The lowest BCUT2D eigenvalue weighted by atomic mass is 9.95. The minimum atomic E-state index is -1.01. The predicted molar refractivity (Wildman–Crippen MR) is 134 cm³/mol. The summed E-state index contributed by atoms with van der Waals surface area (Å²) in [6.07, 6.45) is 5.52. The van der Waals surface area contributed by atoms with Gasteiger partial charge in [0.05, 0.1) is 0 Å². The quantitative estimate of drug-likeness (QED) is 0.155. The van der Waals surface area contributed by atoms with Gasteiger partial charge in [-0.15, -0.1) is 0 Å². The third kappa shape index (κ3) is 10.2. The molecule has 0 radical (unpaired) electrons. The molecule has 0 aromatic heterocycles. The van der Waals surface area contributed by atoms with Crippen molar-refractivity contribution < 1.29 is 24.2 Å². The monoisotopic (exact) mass is 527 g/mol. The molecule has 34 heavy (non-hydrogen) atoms. The van der Waals surface area contributed by atoms with Crippen LogP contribution in [0.2, 0.25) is 15.1 Å². The molecule has 0 saturated carbocycles. The number of benzene rings is 2. The lowest BCUT2D eigenvalue weighted by Gasteiger charge is -2.17. The van der Waals surface area contributed by atoms with Gasteiger partial charge in [0.2, 0.25) is 0 Å². The summed E-state index contributed by atoms with van der Waals surface area (Å²) in [6.45, 7) is 0.628. The molecule has 2 rings (SSSR count). The molecule has 0 bridgehead atoms. The molecule has 5 nitrogen and oxygen atoms in total. The van der Waals surface area contributed by atoms with Gasteiger partial charge in [0.15, 0.2) is 0 Å². The van der Waals surface area contributed by atoms with Gasteiger partial charge in [0.1, 0.15) is 5.75 Å². The number of esters is 1. The molecular formula is C26H30Cl3O5-. The van der Waals surface area contributed by atoms with Crippen LogP contribution < -0.4 is 9.84 Å². The van der Waals surface area contributed by atoms with Crippen molar-refractivity contribution in [1.82, 2.24) is 0 Å². The summed E-state index contributed by atoms with van der Waals surface area (Å²) in [5.41, 5.74) is 1.64. The highest BCUT2D eigenvalue weighted by molar-refractivity contribution is 6.35. The number of carbonyl (C=O) groups excluding carboxylic acids is 2. The number of carbonyl (C=O) groups is 2. The van der Waals surface area contributed by atoms with E-state index in [2.05, 4.69) is 0 Å². The molecule has 1 atom stereocenters. The number of rotatable bonds is 15. The fourth-order valence-electron chi connectivity index (χ4n) is 3.67. The van der Waals surface area contributed by atoms with E-state index in [0.717, 1.165) is 30.4 Å². The van der Waals surface area contributed by atoms with Crippen LogP contribution in [0, 0.1) is 5.92 Å². The Balaban J connectivity index is 1.82. The molecule has 0 aliphatic rings. The highest BCUT2D eigenvalue weighted by atomic mass is 35.5. The van der Waals surface area contributed by atoms with E-state index in [-0.39, 0.29) is 12.4 Å². The van der Waals surface area contributed by atoms with Crippen molar-refractivity contribution in [3.05, 3.63) is 62.6 Å². The van der Waals surface area contributed by atoms with Gasteiger partial charge in [0, 0.05) is 47.6 Å². The van der Waals surface area contributed by atoms with Gasteiger partial charge in [0.25, 0.3) is 0 Å². The van der Waals surface area contributed by atoms with Gasteiger partial charge in [-0.3, -0.25) is 4.79 Å². The van der Waals surface area contributed by atoms with Crippen LogP contribution in [0.15, 0.2) is 36.4 Å². The normalized spacial score (nSPS) is 11.9. The SMILES string of the molecule is COCCCCC(CCCCCC(=O)Oc1cc(Cl)ccc1Cc1ccc(Cl)cc1Cl)C(=O)[O-]. The first-order valence-corrected chi connectivity index (χ1v) is 12.6. The number of hydrogen-bond acceptors (Lipinski definition) is 5. The largest absolute Gasteiger partial charge is 0.550 e. The van der Waals surface area contributed by atoms with Crippen molar-refractivity contribution in [2.75, 3.05) is 13.7 Å². The molecule has 0 fully saturated rings. The zero-order valence-corrected chi connectivity index (χ0v) is 21.6. The Labute approximate surface area is 216 Å². The van der Waals surface area contributed by atoms with Gasteiger partial charge in [-0.1, -0.05) is 66.2 Å². The number of carboxylic acid groups (broad SMARTS) is 1. The first-order valence-electron chi connectivity index (χ1n) is 11.4. The summed E-state index contributed by atoms with van der Waals surface area (Å²) in [4.78, 5) is 23.7. The molecule has 186 valence electrons. The standard InChI is InChI=1S/C26H31Cl3O5/c1-33-14-6-5-8-18(26(31)32)7-3-2-4-9-25(30)34-24-17-22(28)13-11-20(24)15-19-10-12-21(27)16-23(19)29/h10-13,16-18H,2-9,14-15H2,1H3,(H,31,32)/p-1. The number of aliphatic carboxylic acids is 1. The maximum absolute atomic E-state index is 12.4. The average molecular weight is 529 g/mol.